The highest BCUT2D eigenvalue weighted by atomic mass is 32.2. The number of aliphatic carboxylic acids is 1. The summed E-state index contributed by atoms with van der Waals surface area (Å²) >= 11 is 1.52. The molecule has 0 saturated carbocycles. The zero-order chi connectivity index (χ0) is 57.7. The molecule has 0 bridgehead atoms. The summed E-state index contributed by atoms with van der Waals surface area (Å²) in [5.74, 6) is -10.8. The van der Waals surface area contributed by atoms with E-state index in [1.165, 1.54) is 11.8 Å². The number of aliphatic imine (C=N–C) groups is 1. The van der Waals surface area contributed by atoms with Crippen molar-refractivity contribution >= 4 is 82.8 Å². The largest absolute Gasteiger partial charge is 0.480 e. The molecule has 0 aliphatic heterocycles. The number of guanidine groups is 1. The zero-order valence-corrected chi connectivity index (χ0v) is 46.4. The number of carboxylic acid groups (broad SMARTS) is 1. The first-order valence-corrected chi connectivity index (χ1v) is 26.9. The smallest absolute Gasteiger partial charge is 0.326 e. The van der Waals surface area contributed by atoms with Gasteiger partial charge in [0.25, 0.3) is 0 Å². The standard InChI is InChI=1S/C48H88N14O12S/c1-12-27(9)38(46(72)62-39(47(73)74)28(10)13-2)61-41(67)30(15-14-17-53-48(51)52)57-44(70)33(21-34(50)63)59-43(69)32(20-25(5)6)58-42(68)31(19-24(3)4)56-35(64)22-55-45(71)37(26(7)8)60-36(65)23-54-40(66)29(49)16-18-75-11/h24-33,37-39H,12-23,49H2,1-11H3,(H2,50,63)(H,54,66)(H,55,71)(H,56,64)(H,57,70)(H,58,68)(H,59,69)(H,60,65)(H,61,67)(H,62,72)(H,73,74)(H4,51,52,53)/t27-,28-,29-,30-,31-,32-,33-,37-,38-,39-/m0/s1. The van der Waals surface area contributed by atoms with E-state index in [4.69, 9.17) is 22.9 Å². The molecule has 18 N–H and O–H groups in total. The average molecular weight is 1090 g/mol. The van der Waals surface area contributed by atoms with Gasteiger partial charge in [-0.1, -0.05) is 82.1 Å². The predicted octanol–water partition coefficient (Wildman–Crippen LogP) is -2.45. The number of nitrogens with zero attached hydrogens (tertiary/aromatic N) is 1. The maximum Gasteiger partial charge on any atom is 0.326 e. The third kappa shape index (κ3) is 27.7. The van der Waals surface area contributed by atoms with Gasteiger partial charge in [-0.15, -0.1) is 0 Å². The van der Waals surface area contributed by atoms with Gasteiger partial charge in [0.05, 0.1) is 25.6 Å². The average Bonchev–Trinajstić information content (AvgIpc) is 3.32. The molecule has 0 radical (unpaired) electrons. The van der Waals surface area contributed by atoms with Gasteiger partial charge in [-0.3, -0.25) is 52.9 Å². The van der Waals surface area contributed by atoms with Gasteiger partial charge in [-0.05, 0) is 73.7 Å². The van der Waals surface area contributed by atoms with Crippen LogP contribution >= 0.6 is 11.8 Å². The van der Waals surface area contributed by atoms with Crippen molar-refractivity contribution in [2.45, 2.75) is 169 Å². The number of carbonyl (C=O) groups is 11. The summed E-state index contributed by atoms with van der Waals surface area (Å²) < 4.78 is 0. The molecule has 428 valence electrons. The number of hydrogen-bond donors (Lipinski definition) is 14. The van der Waals surface area contributed by atoms with Gasteiger partial charge in [0.15, 0.2) is 5.96 Å². The molecular weight excluding hydrogens is 997 g/mol. The summed E-state index contributed by atoms with van der Waals surface area (Å²) in [6, 6.07) is -10.1. The van der Waals surface area contributed by atoms with Crippen molar-refractivity contribution in [3.8, 4) is 0 Å². The number of amides is 10. The van der Waals surface area contributed by atoms with Crippen LogP contribution < -0.4 is 70.8 Å². The third-order valence-electron chi connectivity index (χ3n) is 12.0. The molecule has 0 unspecified atom stereocenters. The van der Waals surface area contributed by atoms with E-state index in [2.05, 4.69) is 52.8 Å². The van der Waals surface area contributed by atoms with Crippen LogP contribution in [0.5, 0.6) is 0 Å². The van der Waals surface area contributed by atoms with E-state index in [-0.39, 0.29) is 50.0 Å². The monoisotopic (exact) mass is 1080 g/mol. The Morgan fingerprint density at radius 3 is 1.47 bits per heavy atom. The summed E-state index contributed by atoms with van der Waals surface area (Å²) in [6.07, 6.45) is 2.42. The van der Waals surface area contributed by atoms with Crippen LogP contribution in [-0.2, 0) is 52.7 Å². The molecule has 0 spiro atoms. The van der Waals surface area contributed by atoms with Crippen molar-refractivity contribution in [2.24, 2.45) is 57.5 Å². The Balaban J connectivity index is 6.43. The van der Waals surface area contributed by atoms with Gasteiger partial charge in [-0.25, -0.2) is 4.79 Å². The number of carbonyl (C=O) groups excluding carboxylic acids is 10. The summed E-state index contributed by atoms with van der Waals surface area (Å²) in [7, 11) is 0. The van der Waals surface area contributed by atoms with Crippen LogP contribution in [0.1, 0.15) is 121 Å². The lowest BCUT2D eigenvalue weighted by Crippen LogP contribution is -2.61. The fraction of sp³-hybridized carbons (Fsp3) is 0.750. The van der Waals surface area contributed by atoms with Crippen molar-refractivity contribution in [2.75, 3.05) is 31.6 Å². The lowest BCUT2D eigenvalue weighted by molar-refractivity contribution is -0.144. The Bertz CT molecular complexity index is 1950. The number of rotatable bonds is 37. The number of nitrogens with one attached hydrogen (secondary N) is 9. The molecule has 0 fully saturated rings. The molecule has 10 amide bonds. The Morgan fingerprint density at radius 1 is 0.533 bits per heavy atom. The maximum absolute atomic E-state index is 14.1. The fourth-order valence-electron chi connectivity index (χ4n) is 7.24. The van der Waals surface area contributed by atoms with Crippen LogP contribution in [0, 0.1) is 29.6 Å². The second kappa shape index (κ2) is 35.9. The van der Waals surface area contributed by atoms with Gasteiger partial charge >= 0.3 is 5.97 Å². The molecule has 0 aromatic rings. The lowest BCUT2D eigenvalue weighted by Gasteiger charge is -2.30. The van der Waals surface area contributed by atoms with Crippen molar-refractivity contribution in [3.63, 3.8) is 0 Å². The van der Waals surface area contributed by atoms with Crippen molar-refractivity contribution in [3.05, 3.63) is 0 Å². The second-order valence-corrected chi connectivity index (χ2v) is 20.9. The van der Waals surface area contributed by atoms with E-state index >= 15 is 0 Å². The van der Waals surface area contributed by atoms with E-state index in [9.17, 15) is 57.8 Å². The quantitative estimate of drug-likeness (QED) is 0.0174. The normalized spacial score (nSPS) is 15.2. The lowest BCUT2D eigenvalue weighted by atomic mass is 9.95. The minimum Gasteiger partial charge on any atom is -0.480 e. The highest BCUT2D eigenvalue weighted by Crippen LogP contribution is 2.15. The molecule has 0 aliphatic carbocycles. The topological polar surface area (TPSA) is 433 Å². The molecule has 26 nitrogen and oxygen atoms in total. The zero-order valence-electron chi connectivity index (χ0n) is 45.6. The number of carboxylic acids is 1. The summed E-state index contributed by atoms with van der Waals surface area (Å²) in [5.41, 5.74) is 22.3. The minimum atomic E-state index is -1.70. The Hall–Kier alpha value is -6.25. The summed E-state index contributed by atoms with van der Waals surface area (Å²) in [5, 5.41) is 32.6. The van der Waals surface area contributed by atoms with Gasteiger partial charge in [0.1, 0.15) is 42.3 Å². The van der Waals surface area contributed by atoms with E-state index in [0.717, 1.165) is 0 Å². The van der Waals surface area contributed by atoms with Crippen molar-refractivity contribution < 1.29 is 57.8 Å². The molecule has 75 heavy (non-hydrogen) atoms. The first-order valence-electron chi connectivity index (χ1n) is 25.5. The predicted molar refractivity (Wildman–Crippen MR) is 285 cm³/mol. The molecular formula is C48H88N14O12S. The van der Waals surface area contributed by atoms with E-state index in [0.29, 0.717) is 25.0 Å². The SMILES string of the molecule is CC[C@H](C)[C@H](NC(=O)[C@@H](NC(=O)[C@H](CCCN=C(N)N)NC(=O)[C@H](CC(N)=O)NC(=O)[C@H](CC(C)C)NC(=O)[C@H](CC(C)C)NC(=O)CNC(=O)[C@@H](NC(=O)CNC(=O)[C@@H](N)CCSC)C(C)C)[C@@H](C)CC)C(=O)O. The fourth-order valence-corrected chi connectivity index (χ4v) is 7.73. The van der Waals surface area contributed by atoms with Crippen LogP contribution in [0.2, 0.25) is 0 Å². The Kier molecular flexibility index (Phi) is 32.9. The van der Waals surface area contributed by atoms with Gasteiger partial charge < -0.3 is 75.9 Å². The van der Waals surface area contributed by atoms with Gasteiger partial charge in [-0.2, -0.15) is 11.8 Å². The van der Waals surface area contributed by atoms with Crippen LogP contribution in [0.25, 0.3) is 0 Å². The van der Waals surface area contributed by atoms with Crippen LogP contribution in [0.3, 0.4) is 0 Å². The molecule has 0 aromatic carbocycles. The molecule has 10 atom stereocenters. The van der Waals surface area contributed by atoms with Crippen molar-refractivity contribution in [1.29, 1.82) is 0 Å². The first-order chi connectivity index (χ1) is 35.0. The molecule has 0 aromatic heterocycles. The maximum atomic E-state index is 14.1. The number of primary amides is 1. The highest BCUT2D eigenvalue weighted by Gasteiger charge is 2.36. The van der Waals surface area contributed by atoms with E-state index < -0.39 is 151 Å². The highest BCUT2D eigenvalue weighted by molar-refractivity contribution is 7.98. The summed E-state index contributed by atoms with van der Waals surface area (Å²) in [6.45, 7) is 16.2. The second-order valence-electron chi connectivity index (χ2n) is 19.9. The Morgan fingerprint density at radius 2 is 0.987 bits per heavy atom. The third-order valence-corrected chi connectivity index (χ3v) is 12.6. The van der Waals surface area contributed by atoms with Crippen LogP contribution in [0.15, 0.2) is 4.99 Å². The van der Waals surface area contributed by atoms with Crippen LogP contribution in [0.4, 0.5) is 0 Å². The number of hydrogen-bond acceptors (Lipinski definition) is 14. The molecule has 0 aliphatic rings. The van der Waals surface area contributed by atoms with Crippen molar-refractivity contribution in [1.82, 2.24) is 47.9 Å². The number of thioether (sulfide) groups is 1. The number of nitrogens with two attached hydrogens (primary N) is 4. The first kappa shape index (κ1) is 68.8. The molecule has 0 heterocycles. The Labute approximate surface area is 445 Å². The van der Waals surface area contributed by atoms with Crippen LogP contribution in [-0.4, -0.2) is 156 Å². The molecule has 0 saturated heterocycles. The van der Waals surface area contributed by atoms with E-state index in [1.807, 2.05) is 6.26 Å². The summed E-state index contributed by atoms with van der Waals surface area (Å²) in [4.78, 5) is 149. The molecule has 0 rings (SSSR count). The molecule has 27 heteroatoms. The minimum absolute atomic E-state index is 0.00631. The van der Waals surface area contributed by atoms with Gasteiger partial charge in [0, 0.05) is 6.54 Å². The van der Waals surface area contributed by atoms with Gasteiger partial charge in [0.2, 0.25) is 59.1 Å². The van der Waals surface area contributed by atoms with E-state index in [1.54, 1.807) is 69.2 Å².